The molecule has 20 heavy (non-hydrogen) atoms. The Hall–Kier alpha value is -1.42. The molecule has 1 aromatic carbocycles. The first kappa shape index (κ1) is 16.6. The molecule has 0 aliphatic heterocycles. The van der Waals surface area contributed by atoms with Gasteiger partial charge in [-0.1, -0.05) is 58.1 Å². The average molecular weight is 292 g/mol. The summed E-state index contributed by atoms with van der Waals surface area (Å²) in [6.45, 7) is 8.09. The number of nitrogens with two attached hydrogens (primary N) is 1. The Bertz CT molecular complexity index is 493. The van der Waals surface area contributed by atoms with Crippen LogP contribution in [0.5, 0.6) is 0 Å². The van der Waals surface area contributed by atoms with Gasteiger partial charge in [0.15, 0.2) is 0 Å². The zero-order valence-corrected chi connectivity index (χ0v) is 13.5. The molecule has 0 heterocycles. The van der Waals surface area contributed by atoms with Gasteiger partial charge in [-0.3, -0.25) is 4.79 Å². The van der Waals surface area contributed by atoms with E-state index in [9.17, 15) is 4.79 Å². The van der Waals surface area contributed by atoms with Crippen molar-refractivity contribution in [3.8, 4) is 0 Å². The largest absolute Gasteiger partial charge is 0.392 e. The van der Waals surface area contributed by atoms with Gasteiger partial charge in [-0.05, 0) is 30.4 Å². The number of rotatable bonds is 6. The molecule has 0 aromatic heterocycles. The van der Waals surface area contributed by atoms with Crippen LogP contribution in [0.2, 0.25) is 0 Å². The smallest absolute Gasteiger partial charge is 0.237 e. The van der Waals surface area contributed by atoms with E-state index in [1.165, 1.54) is 0 Å². The molecule has 3 nitrogen and oxygen atoms in total. The highest BCUT2D eigenvalue weighted by molar-refractivity contribution is 7.80. The van der Waals surface area contributed by atoms with Gasteiger partial charge >= 0.3 is 0 Å². The van der Waals surface area contributed by atoms with Gasteiger partial charge in [0.25, 0.3) is 0 Å². The van der Waals surface area contributed by atoms with Gasteiger partial charge in [0.05, 0.1) is 10.4 Å². The minimum absolute atomic E-state index is 0.108. The molecule has 0 aliphatic rings. The average Bonchev–Trinajstić information content (AvgIpc) is 2.40. The summed E-state index contributed by atoms with van der Waals surface area (Å²) >= 11 is 5.12. The summed E-state index contributed by atoms with van der Waals surface area (Å²) in [6, 6.07) is 7.84. The molecule has 0 saturated carbocycles. The van der Waals surface area contributed by atoms with Gasteiger partial charge in [0.1, 0.15) is 0 Å². The first-order chi connectivity index (χ1) is 9.39. The molecule has 0 unspecified atom stereocenters. The fourth-order valence-electron chi connectivity index (χ4n) is 2.39. The molecular weight excluding hydrogens is 268 g/mol. The minimum Gasteiger partial charge on any atom is -0.392 e. The van der Waals surface area contributed by atoms with Crippen molar-refractivity contribution >= 4 is 28.8 Å². The molecule has 1 amide bonds. The molecule has 4 heteroatoms. The summed E-state index contributed by atoms with van der Waals surface area (Å²) in [4.78, 5) is 12.9. The van der Waals surface area contributed by atoms with E-state index < -0.39 is 5.41 Å². The molecule has 0 atom stereocenters. The number of benzene rings is 1. The van der Waals surface area contributed by atoms with Crippen LogP contribution in [0.1, 0.15) is 52.0 Å². The molecular formula is C16H24N2OS. The van der Waals surface area contributed by atoms with Crippen molar-refractivity contribution in [2.24, 2.45) is 11.1 Å². The Labute approximate surface area is 126 Å². The molecule has 3 N–H and O–H groups in total. The molecule has 0 bridgehead atoms. The van der Waals surface area contributed by atoms with Crippen molar-refractivity contribution in [1.82, 2.24) is 0 Å². The SMILES string of the molecule is CCC(CC)(C(=O)Nc1ccccc1C(C)C)C(N)=S. The third-order valence-electron chi connectivity index (χ3n) is 3.94. The molecule has 0 radical (unpaired) electrons. The Morgan fingerprint density at radius 3 is 2.30 bits per heavy atom. The number of para-hydroxylation sites is 1. The summed E-state index contributed by atoms with van der Waals surface area (Å²) in [5, 5.41) is 3.01. The zero-order chi connectivity index (χ0) is 15.3. The van der Waals surface area contributed by atoms with Crippen molar-refractivity contribution in [1.29, 1.82) is 0 Å². The second kappa shape index (κ2) is 6.84. The topological polar surface area (TPSA) is 55.1 Å². The van der Waals surface area contributed by atoms with E-state index in [1.54, 1.807) is 0 Å². The first-order valence-electron chi connectivity index (χ1n) is 7.09. The fourth-order valence-corrected chi connectivity index (χ4v) is 2.77. The molecule has 110 valence electrons. The summed E-state index contributed by atoms with van der Waals surface area (Å²) in [5.74, 6) is 0.233. The first-order valence-corrected chi connectivity index (χ1v) is 7.50. The normalized spacial score (nSPS) is 11.4. The molecule has 0 saturated heterocycles. The number of carbonyl (C=O) groups is 1. The van der Waals surface area contributed by atoms with E-state index in [0.29, 0.717) is 18.8 Å². The van der Waals surface area contributed by atoms with E-state index >= 15 is 0 Å². The second-order valence-electron chi connectivity index (χ2n) is 5.35. The zero-order valence-electron chi connectivity index (χ0n) is 12.7. The van der Waals surface area contributed by atoms with E-state index in [-0.39, 0.29) is 10.9 Å². The summed E-state index contributed by atoms with van der Waals surface area (Å²) in [6.07, 6.45) is 1.21. The number of thiocarbonyl (C=S) groups is 1. The lowest BCUT2D eigenvalue weighted by molar-refractivity contribution is -0.122. The Morgan fingerprint density at radius 1 is 1.30 bits per heavy atom. The highest BCUT2D eigenvalue weighted by Crippen LogP contribution is 2.31. The molecule has 0 aliphatic carbocycles. The van der Waals surface area contributed by atoms with Crippen molar-refractivity contribution < 1.29 is 4.79 Å². The number of anilines is 1. The van der Waals surface area contributed by atoms with Crippen LogP contribution in [0.25, 0.3) is 0 Å². The number of hydrogen-bond acceptors (Lipinski definition) is 2. The predicted molar refractivity (Wildman–Crippen MR) is 89.0 cm³/mol. The standard InChI is InChI=1S/C16H24N2OS/c1-5-16(6-2,14(17)20)15(19)18-13-10-8-7-9-12(13)11(3)4/h7-11H,5-6H2,1-4H3,(H2,17,20)(H,18,19). The van der Waals surface area contributed by atoms with Gasteiger partial charge in [-0.15, -0.1) is 0 Å². The third-order valence-corrected chi connectivity index (χ3v) is 4.34. The van der Waals surface area contributed by atoms with Gasteiger partial charge < -0.3 is 11.1 Å². The van der Waals surface area contributed by atoms with Crippen LogP contribution < -0.4 is 11.1 Å². The lowest BCUT2D eigenvalue weighted by atomic mass is 9.81. The van der Waals surface area contributed by atoms with Crippen LogP contribution in [-0.4, -0.2) is 10.9 Å². The number of amides is 1. The maximum Gasteiger partial charge on any atom is 0.237 e. The highest BCUT2D eigenvalue weighted by Gasteiger charge is 2.38. The summed E-state index contributed by atoms with van der Waals surface area (Å²) in [5.41, 5.74) is 7.01. The maximum absolute atomic E-state index is 12.6. The van der Waals surface area contributed by atoms with Crippen molar-refractivity contribution in [3.63, 3.8) is 0 Å². The quantitative estimate of drug-likeness (QED) is 0.783. The van der Waals surface area contributed by atoms with Crippen LogP contribution >= 0.6 is 12.2 Å². The van der Waals surface area contributed by atoms with E-state index in [4.69, 9.17) is 18.0 Å². The van der Waals surface area contributed by atoms with Crippen LogP contribution in [0.3, 0.4) is 0 Å². The van der Waals surface area contributed by atoms with Gasteiger partial charge in [-0.25, -0.2) is 0 Å². The molecule has 0 spiro atoms. The number of carbonyl (C=O) groups excluding carboxylic acids is 1. The molecule has 0 fully saturated rings. The monoisotopic (exact) mass is 292 g/mol. The maximum atomic E-state index is 12.6. The van der Waals surface area contributed by atoms with Crippen LogP contribution in [0, 0.1) is 5.41 Å². The van der Waals surface area contributed by atoms with Gasteiger partial charge in [-0.2, -0.15) is 0 Å². The predicted octanol–water partition coefficient (Wildman–Crippen LogP) is 3.84. The van der Waals surface area contributed by atoms with Gasteiger partial charge in [0, 0.05) is 5.69 Å². The van der Waals surface area contributed by atoms with Crippen molar-refractivity contribution in [2.45, 2.75) is 46.5 Å². The summed E-state index contributed by atoms with van der Waals surface area (Å²) < 4.78 is 0. The second-order valence-corrected chi connectivity index (χ2v) is 5.79. The Kier molecular flexibility index (Phi) is 5.69. The summed E-state index contributed by atoms with van der Waals surface area (Å²) in [7, 11) is 0. The highest BCUT2D eigenvalue weighted by atomic mass is 32.1. The van der Waals surface area contributed by atoms with E-state index in [1.807, 2.05) is 38.1 Å². The minimum atomic E-state index is -0.764. The Morgan fingerprint density at radius 2 is 1.85 bits per heavy atom. The molecule has 1 aromatic rings. The van der Waals surface area contributed by atoms with Crippen LogP contribution in [0.4, 0.5) is 5.69 Å². The lowest BCUT2D eigenvalue weighted by Crippen LogP contribution is -2.45. The fraction of sp³-hybridized carbons (Fsp3) is 0.500. The third kappa shape index (κ3) is 3.18. The van der Waals surface area contributed by atoms with Gasteiger partial charge in [0.2, 0.25) is 5.91 Å². The van der Waals surface area contributed by atoms with Crippen molar-refractivity contribution in [2.75, 3.05) is 5.32 Å². The lowest BCUT2D eigenvalue weighted by Gasteiger charge is -2.29. The van der Waals surface area contributed by atoms with Crippen LogP contribution in [0.15, 0.2) is 24.3 Å². The van der Waals surface area contributed by atoms with E-state index in [0.717, 1.165) is 11.3 Å². The van der Waals surface area contributed by atoms with Crippen LogP contribution in [-0.2, 0) is 4.79 Å². The number of nitrogens with one attached hydrogen (secondary N) is 1. The van der Waals surface area contributed by atoms with Crippen molar-refractivity contribution in [3.05, 3.63) is 29.8 Å². The molecule has 1 rings (SSSR count). The Balaban J connectivity index is 3.09. The number of hydrogen-bond donors (Lipinski definition) is 2. The van der Waals surface area contributed by atoms with E-state index in [2.05, 4.69) is 19.2 Å².